The summed E-state index contributed by atoms with van der Waals surface area (Å²) < 4.78 is 4.97. The van der Waals surface area contributed by atoms with Gasteiger partial charge in [0, 0.05) is 5.56 Å². The number of carbonyl (C=O) groups is 2. The summed E-state index contributed by atoms with van der Waals surface area (Å²) in [7, 11) is 0. The molecule has 1 amide bonds. The monoisotopic (exact) mass is 241 g/mol. The Kier molecular flexibility index (Phi) is 3.38. The lowest BCUT2D eigenvalue weighted by atomic mass is 10.1. The largest absolute Gasteiger partial charge is 0.461 e. The van der Waals surface area contributed by atoms with E-state index in [2.05, 4.69) is 0 Å². The maximum Gasteiger partial charge on any atom is 0.248 e. The van der Waals surface area contributed by atoms with Gasteiger partial charge in [0.05, 0.1) is 6.26 Å². The third kappa shape index (κ3) is 2.74. The number of allylic oxidation sites excluding steroid dienone is 1. The normalized spacial score (nSPS) is 10.7. The van der Waals surface area contributed by atoms with Crippen molar-refractivity contribution in [3.8, 4) is 0 Å². The molecule has 18 heavy (non-hydrogen) atoms. The van der Waals surface area contributed by atoms with E-state index in [-0.39, 0.29) is 5.78 Å². The molecule has 0 fully saturated rings. The van der Waals surface area contributed by atoms with Gasteiger partial charge >= 0.3 is 0 Å². The number of furan rings is 1. The van der Waals surface area contributed by atoms with Crippen molar-refractivity contribution in [2.75, 3.05) is 0 Å². The minimum absolute atomic E-state index is 0.209. The van der Waals surface area contributed by atoms with Gasteiger partial charge in [-0.1, -0.05) is 18.2 Å². The van der Waals surface area contributed by atoms with Crippen molar-refractivity contribution < 1.29 is 14.0 Å². The number of ketones is 1. The SMILES string of the molecule is NC(=O)c1ccc(/C=C/C(=O)c2ccco2)cc1. The van der Waals surface area contributed by atoms with E-state index in [0.717, 1.165) is 5.56 Å². The lowest BCUT2D eigenvalue weighted by Crippen LogP contribution is -2.10. The highest BCUT2D eigenvalue weighted by atomic mass is 16.3. The van der Waals surface area contributed by atoms with Crippen molar-refractivity contribution >= 4 is 17.8 Å². The molecule has 0 radical (unpaired) electrons. The summed E-state index contributed by atoms with van der Waals surface area (Å²) in [5, 5.41) is 0. The molecule has 0 saturated carbocycles. The highest BCUT2D eigenvalue weighted by Gasteiger charge is 2.03. The summed E-state index contributed by atoms with van der Waals surface area (Å²) in [4.78, 5) is 22.5. The number of rotatable bonds is 4. The summed E-state index contributed by atoms with van der Waals surface area (Å²) >= 11 is 0. The Morgan fingerprint density at radius 2 is 1.83 bits per heavy atom. The van der Waals surface area contributed by atoms with Crippen molar-refractivity contribution in [2.24, 2.45) is 5.73 Å². The molecule has 0 spiro atoms. The molecule has 2 aromatic rings. The fraction of sp³-hybridized carbons (Fsp3) is 0. The Morgan fingerprint density at radius 3 is 2.39 bits per heavy atom. The Morgan fingerprint density at radius 1 is 1.11 bits per heavy atom. The van der Waals surface area contributed by atoms with E-state index in [0.29, 0.717) is 11.3 Å². The molecule has 0 bridgehead atoms. The van der Waals surface area contributed by atoms with Crippen LogP contribution in [0.5, 0.6) is 0 Å². The van der Waals surface area contributed by atoms with Crippen molar-refractivity contribution in [1.82, 2.24) is 0 Å². The van der Waals surface area contributed by atoms with E-state index in [4.69, 9.17) is 10.2 Å². The number of benzene rings is 1. The van der Waals surface area contributed by atoms with Gasteiger partial charge in [0.15, 0.2) is 5.76 Å². The van der Waals surface area contributed by atoms with Crippen molar-refractivity contribution in [1.29, 1.82) is 0 Å². The van der Waals surface area contributed by atoms with Crippen LogP contribution in [-0.4, -0.2) is 11.7 Å². The summed E-state index contributed by atoms with van der Waals surface area (Å²) in [6.45, 7) is 0. The molecule has 0 aliphatic carbocycles. The average Bonchev–Trinajstić information content (AvgIpc) is 2.90. The third-order valence-corrected chi connectivity index (χ3v) is 2.39. The van der Waals surface area contributed by atoms with Crippen molar-refractivity contribution in [3.05, 3.63) is 65.6 Å². The molecule has 2 N–H and O–H groups in total. The zero-order chi connectivity index (χ0) is 13.0. The Bertz CT molecular complexity index is 580. The van der Waals surface area contributed by atoms with E-state index in [1.807, 2.05) is 0 Å². The maximum atomic E-state index is 11.6. The second-order valence-electron chi connectivity index (χ2n) is 3.66. The summed E-state index contributed by atoms with van der Waals surface area (Å²) in [6.07, 6.45) is 4.51. The van der Waals surface area contributed by atoms with Crippen LogP contribution in [0.1, 0.15) is 26.5 Å². The molecular formula is C14H11NO3. The van der Waals surface area contributed by atoms with Crippen LogP contribution < -0.4 is 5.73 Å². The highest BCUT2D eigenvalue weighted by Crippen LogP contribution is 2.08. The summed E-state index contributed by atoms with van der Waals surface area (Å²) in [6, 6.07) is 9.91. The van der Waals surface area contributed by atoms with E-state index in [1.165, 1.54) is 12.3 Å². The van der Waals surface area contributed by atoms with Gasteiger partial charge in [-0.25, -0.2) is 0 Å². The molecule has 0 atom stereocenters. The zero-order valence-electron chi connectivity index (χ0n) is 9.50. The number of hydrogen-bond acceptors (Lipinski definition) is 3. The van der Waals surface area contributed by atoms with Gasteiger partial charge in [-0.3, -0.25) is 9.59 Å². The quantitative estimate of drug-likeness (QED) is 0.659. The first kappa shape index (κ1) is 11.9. The second kappa shape index (κ2) is 5.14. The number of carbonyl (C=O) groups excluding carboxylic acids is 2. The molecular weight excluding hydrogens is 230 g/mol. The lowest BCUT2D eigenvalue weighted by molar-refractivity contribution is 0.0997. The van der Waals surface area contributed by atoms with Crippen molar-refractivity contribution in [2.45, 2.75) is 0 Å². The van der Waals surface area contributed by atoms with Crippen molar-refractivity contribution in [3.63, 3.8) is 0 Å². The Hall–Kier alpha value is -2.62. The van der Waals surface area contributed by atoms with Gasteiger partial charge in [-0.05, 0) is 35.9 Å². The first-order valence-electron chi connectivity index (χ1n) is 5.32. The van der Waals surface area contributed by atoms with Gasteiger partial charge in [0.2, 0.25) is 11.7 Å². The topological polar surface area (TPSA) is 73.3 Å². The standard InChI is InChI=1S/C14H11NO3/c15-14(17)11-6-3-10(4-7-11)5-8-12(16)13-2-1-9-18-13/h1-9H,(H2,15,17)/b8-5+. The number of hydrogen-bond donors (Lipinski definition) is 1. The third-order valence-electron chi connectivity index (χ3n) is 2.39. The number of amides is 1. The van der Waals surface area contributed by atoms with E-state index < -0.39 is 5.91 Å². The Labute approximate surface area is 104 Å². The molecule has 90 valence electrons. The predicted octanol–water partition coefficient (Wildman–Crippen LogP) is 2.27. The van der Waals surface area contributed by atoms with Crippen LogP contribution >= 0.6 is 0 Å². The van der Waals surface area contributed by atoms with Gasteiger partial charge in [-0.2, -0.15) is 0 Å². The number of primary amides is 1. The second-order valence-corrected chi connectivity index (χ2v) is 3.66. The van der Waals surface area contributed by atoms with Crippen LogP contribution in [-0.2, 0) is 0 Å². The highest BCUT2D eigenvalue weighted by molar-refractivity contribution is 6.04. The molecule has 0 aliphatic rings. The summed E-state index contributed by atoms with van der Waals surface area (Å²) in [5.41, 5.74) is 6.37. The van der Waals surface area contributed by atoms with E-state index in [9.17, 15) is 9.59 Å². The maximum absolute atomic E-state index is 11.6. The first-order chi connectivity index (χ1) is 8.66. The van der Waals surface area contributed by atoms with Crippen LogP contribution in [0.2, 0.25) is 0 Å². The molecule has 0 aliphatic heterocycles. The first-order valence-corrected chi connectivity index (χ1v) is 5.32. The fourth-order valence-electron chi connectivity index (χ4n) is 1.43. The molecule has 1 aromatic carbocycles. The molecule has 4 nitrogen and oxygen atoms in total. The predicted molar refractivity (Wildman–Crippen MR) is 67.0 cm³/mol. The van der Waals surface area contributed by atoms with Gasteiger partial charge in [-0.15, -0.1) is 0 Å². The Balaban J connectivity index is 2.09. The molecule has 1 aromatic heterocycles. The van der Waals surface area contributed by atoms with Crippen LogP contribution in [0.25, 0.3) is 6.08 Å². The molecule has 0 unspecified atom stereocenters. The summed E-state index contributed by atoms with van der Waals surface area (Å²) in [5.74, 6) is -0.392. The van der Waals surface area contributed by atoms with E-state index >= 15 is 0 Å². The number of nitrogens with two attached hydrogens (primary N) is 1. The average molecular weight is 241 g/mol. The molecule has 1 heterocycles. The smallest absolute Gasteiger partial charge is 0.248 e. The molecule has 4 heteroatoms. The zero-order valence-corrected chi connectivity index (χ0v) is 9.50. The van der Waals surface area contributed by atoms with Gasteiger partial charge in [0.1, 0.15) is 0 Å². The van der Waals surface area contributed by atoms with Crippen LogP contribution in [0.3, 0.4) is 0 Å². The minimum atomic E-state index is -0.475. The minimum Gasteiger partial charge on any atom is -0.461 e. The fourth-order valence-corrected chi connectivity index (χ4v) is 1.43. The molecule has 0 saturated heterocycles. The van der Waals surface area contributed by atoms with Gasteiger partial charge in [0.25, 0.3) is 0 Å². The van der Waals surface area contributed by atoms with Gasteiger partial charge < -0.3 is 10.2 Å². The molecule has 2 rings (SSSR count). The van der Waals surface area contributed by atoms with E-state index in [1.54, 1.807) is 42.5 Å². The van der Waals surface area contributed by atoms with Crippen LogP contribution in [0.4, 0.5) is 0 Å². The van der Waals surface area contributed by atoms with Crippen LogP contribution in [0, 0.1) is 0 Å². The van der Waals surface area contributed by atoms with Crippen LogP contribution in [0.15, 0.2) is 53.2 Å². The lowest BCUT2D eigenvalue weighted by Gasteiger charge is -1.96.